The molecule has 1 aliphatic carbocycles. The molecule has 0 radical (unpaired) electrons. The Labute approximate surface area is 120 Å². The van der Waals surface area contributed by atoms with Crippen molar-refractivity contribution in [1.29, 1.82) is 0 Å². The number of hydrogen-bond acceptors (Lipinski definition) is 2. The fourth-order valence-electron chi connectivity index (χ4n) is 3.33. The Balaban J connectivity index is 2.00. The molecule has 4 nitrogen and oxygen atoms in total. The van der Waals surface area contributed by atoms with E-state index in [4.69, 9.17) is 0 Å². The van der Waals surface area contributed by atoms with E-state index >= 15 is 0 Å². The van der Waals surface area contributed by atoms with E-state index in [2.05, 4.69) is 42.6 Å². The Kier molecular flexibility index (Phi) is 3.01. The summed E-state index contributed by atoms with van der Waals surface area (Å²) in [6.45, 7) is 7.35. The number of aliphatic hydroxyl groups is 1. The third-order valence-corrected chi connectivity index (χ3v) is 4.29. The zero-order chi connectivity index (χ0) is 14.5. The Bertz CT molecular complexity index is 636. The summed E-state index contributed by atoms with van der Waals surface area (Å²) in [5, 5.41) is 14.8. The molecule has 4 heteroatoms. The second-order valence-corrected chi connectivity index (χ2v) is 6.82. The standard InChI is InChI=1S/C16H23N3O/c1-11-7-13-14(8-16(2,3)9-15(13)20)19(11)10-12-5-6-18(4)17-12/h5-7,15,20H,8-10H2,1-4H3. The van der Waals surface area contributed by atoms with Crippen molar-refractivity contribution in [3.05, 3.63) is 41.0 Å². The van der Waals surface area contributed by atoms with Crippen LogP contribution in [0.25, 0.3) is 0 Å². The molecule has 0 fully saturated rings. The van der Waals surface area contributed by atoms with Crippen LogP contribution >= 0.6 is 0 Å². The predicted octanol–water partition coefficient (Wildman–Crippen LogP) is 2.58. The summed E-state index contributed by atoms with van der Waals surface area (Å²) in [6.07, 6.45) is 3.49. The Hall–Kier alpha value is -1.55. The van der Waals surface area contributed by atoms with Gasteiger partial charge in [-0.2, -0.15) is 5.10 Å². The van der Waals surface area contributed by atoms with Crippen LogP contribution in [-0.4, -0.2) is 19.5 Å². The van der Waals surface area contributed by atoms with Crippen molar-refractivity contribution >= 4 is 0 Å². The minimum atomic E-state index is -0.336. The Morgan fingerprint density at radius 2 is 2.20 bits per heavy atom. The zero-order valence-electron chi connectivity index (χ0n) is 12.7. The van der Waals surface area contributed by atoms with E-state index in [-0.39, 0.29) is 11.5 Å². The first-order chi connectivity index (χ1) is 9.35. The highest BCUT2D eigenvalue weighted by Gasteiger charge is 2.34. The maximum absolute atomic E-state index is 10.4. The summed E-state index contributed by atoms with van der Waals surface area (Å²) in [5.74, 6) is 0. The molecular formula is C16H23N3O. The SMILES string of the molecule is Cc1cc2c(n1Cc1ccn(C)n1)CC(C)(C)CC2O. The third-order valence-electron chi connectivity index (χ3n) is 4.29. The van der Waals surface area contributed by atoms with Crippen LogP contribution in [0.4, 0.5) is 0 Å². The fourth-order valence-corrected chi connectivity index (χ4v) is 3.33. The van der Waals surface area contributed by atoms with E-state index in [1.165, 1.54) is 11.4 Å². The summed E-state index contributed by atoms with van der Waals surface area (Å²) >= 11 is 0. The van der Waals surface area contributed by atoms with Gasteiger partial charge in [0.15, 0.2) is 0 Å². The number of fused-ring (bicyclic) bond motifs is 1. The molecule has 1 N–H and O–H groups in total. The van der Waals surface area contributed by atoms with E-state index in [1.807, 2.05) is 17.9 Å². The summed E-state index contributed by atoms with van der Waals surface area (Å²) < 4.78 is 4.14. The average molecular weight is 273 g/mol. The summed E-state index contributed by atoms with van der Waals surface area (Å²) in [4.78, 5) is 0. The summed E-state index contributed by atoms with van der Waals surface area (Å²) in [5.41, 5.74) is 4.80. The van der Waals surface area contributed by atoms with Crippen molar-refractivity contribution in [3.63, 3.8) is 0 Å². The number of nitrogens with zero attached hydrogens (tertiary/aromatic N) is 3. The molecule has 0 saturated heterocycles. The average Bonchev–Trinajstić information content (AvgIpc) is 2.86. The van der Waals surface area contributed by atoms with Gasteiger partial charge in [0.25, 0.3) is 0 Å². The van der Waals surface area contributed by atoms with Crippen LogP contribution in [0.15, 0.2) is 18.3 Å². The maximum Gasteiger partial charge on any atom is 0.0821 e. The zero-order valence-corrected chi connectivity index (χ0v) is 12.7. The monoisotopic (exact) mass is 273 g/mol. The summed E-state index contributed by atoms with van der Waals surface area (Å²) in [7, 11) is 1.94. The molecule has 0 amide bonds. The van der Waals surface area contributed by atoms with Crippen LogP contribution in [0.5, 0.6) is 0 Å². The molecule has 0 aliphatic heterocycles. The first-order valence-corrected chi connectivity index (χ1v) is 7.21. The van der Waals surface area contributed by atoms with Crippen LogP contribution < -0.4 is 0 Å². The first-order valence-electron chi connectivity index (χ1n) is 7.21. The number of aryl methyl sites for hydroxylation is 2. The Morgan fingerprint density at radius 3 is 2.85 bits per heavy atom. The fraction of sp³-hybridized carbons (Fsp3) is 0.562. The molecule has 2 heterocycles. The molecule has 0 bridgehead atoms. The molecular weight excluding hydrogens is 250 g/mol. The molecule has 108 valence electrons. The van der Waals surface area contributed by atoms with Crippen LogP contribution in [0, 0.1) is 12.3 Å². The minimum Gasteiger partial charge on any atom is -0.388 e. The lowest BCUT2D eigenvalue weighted by Gasteiger charge is -2.34. The van der Waals surface area contributed by atoms with Crippen molar-refractivity contribution < 1.29 is 5.11 Å². The molecule has 0 aromatic carbocycles. The molecule has 3 rings (SSSR count). The molecule has 2 aromatic rings. The number of aromatic nitrogens is 3. The third kappa shape index (κ3) is 2.29. The minimum absolute atomic E-state index is 0.152. The van der Waals surface area contributed by atoms with Gasteiger partial charge in [-0.25, -0.2) is 0 Å². The number of hydrogen-bond donors (Lipinski definition) is 1. The second kappa shape index (κ2) is 4.48. The quantitative estimate of drug-likeness (QED) is 0.914. The predicted molar refractivity (Wildman–Crippen MR) is 78.5 cm³/mol. The van der Waals surface area contributed by atoms with Gasteiger partial charge in [0.1, 0.15) is 0 Å². The second-order valence-electron chi connectivity index (χ2n) is 6.82. The largest absolute Gasteiger partial charge is 0.388 e. The van der Waals surface area contributed by atoms with Gasteiger partial charge >= 0.3 is 0 Å². The van der Waals surface area contributed by atoms with E-state index in [1.54, 1.807) is 0 Å². The normalized spacial score (nSPS) is 20.9. The van der Waals surface area contributed by atoms with Crippen LogP contribution in [0.2, 0.25) is 0 Å². The molecule has 0 spiro atoms. The first kappa shape index (κ1) is 13.4. The number of rotatable bonds is 2. The maximum atomic E-state index is 10.4. The van der Waals surface area contributed by atoms with Gasteiger partial charge < -0.3 is 9.67 Å². The lowest BCUT2D eigenvalue weighted by Crippen LogP contribution is -2.27. The van der Waals surface area contributed by atoms with Crippen LogP contribution in [0.3, 0.4) is 0 Å². The van der Waals surface area contributed by atoms with Gasteiger partial charge in [-0.1, -0.05) is 13.8 Å². The van der Waals surface area contributed by atoms with Crippen molar-refractivity contribution in [3.8, 4) is 0 Å². The molecule has 0 saturated carbocycles. The van der Waals surface area contributed by atoms with Crippen LogP contribution in [-0.2, 0) is 20.0 Å². The lowest BCUT2D eigenvalue weighted by atomic mass is 9.75. The molecule has 1 atom stereocenters. The molecule has 2 aromatic heterocycles. The van der Waals surface area contributed by atoms with Gasteiger partial charge in [0.05, 0.1) is 18.3 Å². The van der Waals surface area contributed by atoms with Gasteiger partial charge in [-0.05, 0) is 37.3 Å². The van der Waals surface area contributed by atoms with Crippen LogP contribution in [0.1, 0.15) is 49.0 Å². The number of aliphatic hydroxyl groups excluding tert-OH is 1. The Morgan fingerprint density at radius 1 is 1.45 bits per heavy atom. The molecule has 20 heavy (non-hydrogen) atoms. The lowest BCUT2D eigenvalue weighted by molar-refractivity contribution is 0.0981. The smallest absolute Gasteiger partial charge is 0.0821 e. The van der Waals surface area contributed by atoms with Gasteiger partial charge in [0.2, 0.25) is 0 Å². The highest BCUT2D eigenvalue weighted by Crippen LogP contribution is 2.42. The van der Waals surface area contributed by atoms with E-state index in [0.717, 1.165) is 30.6 Å². The van der Waals surface area contributed by atoms with E-state index in [0.29, 0.717) is 0 Å². The van der Waals surface area contributed by atoms with Crippen molar-refractivity contribution in [2.24, 2.45) is 12.5 Å². The van der Waals surface area contributed by atoms with E-state index in [9.17, 15) is 5.11 Å². The molecule has 1 aliphatic rings. The van der Waals surface area contributed by atoms with Gasteiger partial charge in [0, 0.05) is 30.2 Å². The van der Waals surface area contributed by atoms with Gasteiger partial charge in [-0.3, -0.25) is 4.68 Å². The van der Waals surface area contributed by atoms with Crippen molar-refractivity contribution in [2.45, 2.75) is 46.3 Å². The summed E-state index contributed by atoms with van der Waals surface area (Å²) in [6, 6.07) is 4.19. The van der Waals surface area contributed by atoms with E-state index < -0.39 is 0 Å². The van der Waals surface area contributed by atoms with Crippen molar-refractivity contribution in [1.82, 2.24) is 14.3 Å². The highest BCUT2D eigenvalue weighted by molar-refractivity contribution is 5.33. The highest BCUT2D eigenvalue weighted by atomic mass is 16.3. The van der Waals surface area contributed by atoms with Gasteiger partial charge in [-0.15, -0.1) is 0 Å². The van der Waals surface area contributed by atoms with Crippen molar-refractivity contribution in [2.75, 3.05) is 0 Å². The molecule has 1 unspecified atom stereocenters. The topological polar surface area (TPSA) is 43.0 Å².